The van der Waals surface area contributed by atoms with Gasteiger partial charge in [0.25, 0.3) is 0 Å². The van der Waals surface area contributed by atoms with Crippen molar-refractivity contribution in [2.24, 2.45) is 0 Å². The highest BCUT2D eigenvalue weighted by Gasteiger charge is 2.15. The third-order valence-corrected chi connectivity index (χ3v) is 4.73. The fourth-order valence-corrected chi connectivity index (χ4v) is 3.05. The van der Waals surface area contributed by atoms with E-state index in [1.54, 1.807) is 36.5 Å². The van der Waals surface area contributed by atoms with Crippen molar-refractivity contribution in [3.8, 4) is 17.3 Å². The molecule has 2 aromatic heterocycles. The van der Waals surface area contributed by atoms with Crippen LogP contribution in [-0.2, 0) is 0 Å². The monoisotopic (exact) mass is 406 g/mol. The van der Waals surface area contributed by atoms with Crippen LogP contribution in [0.3, 0.4) is 0 Å². The van der Waals surface area contributed by atoms with Gasteiger partial charge in [-0.3, -0.25) is 0 Å². The quantitative estimate of drug-likeness (QED) is 0.494. The second-order valence-corrected chi connectivity index (χ2v) is 6.72. The van der Waals surface area contributed by atoms with E-state index >= 15 is 0 Å². The summed E-state index contributed by atoms with van der Waals surface area (Å²) in [6, 6.07) is 8.48. The van der Waals surface area contributed by atoms with Gasteiger partial charge in [-0.2, -0.15) is 12.6 Å². The molecule has 0 spiro atoms. The topological polar surface area (TPSA) is 73.1 Å². The number of pyridine rings is 1. The molecule has 0 aliphatic rings. The maximum Gasteiger partial charge on any atom is 0.221 e. The Labute approximate surface area is 163 Å². The minimum atomic E-state index is 0.0260. The number of ether oxygens (including phenoxy) is 1. The van der Waals surface area contributed by atoms with Crippen molar-refractivity contribution in [3.05, 3.63) is 46.6 Å². The summed E-state index contributed by atoms with van der Waals surface area (Å²) in [5.74, 6) is 1.03. The summed E-state index contributed by atoms with van der Waals surface area (Å²) in [6.07, 6.45) is 1.58. The maximum atomic E-state index is 10.7. The fraction of sp³-hybridized carbons (Fsp3) is 0.118. The van der Waals surface area contributed by atoms with Gasteiger partial charge >= 0.3 is 0 Å². The number of nitrogens with zero attached hydrogens (tertiary/aromatic N) is 4. The van der Waals surface area contributed by atoms with E-state index in [2.05, 4.69) is 27.8 Å². The molecule has 0 saturated carbocycles. The Morgan fingerprint density at radius 3 is 2.38 bits per heavy atom. The molecule has 4 rings (SSSR count). The molecule has 6 nitrogen and oxygen atoms in total. The highest BCUT2D eigenvalue weighted by Crippen LogP contribution is 2.35. The second-order valence-electron chi connectivity index (χ2n) is 5.46. The number of rotatable bonds is 4. The summed E-state index contributed by atoms with van der Waals surface area (Å²) in [5.41, 5.74) is 1.57. The van der Waals surface area contributed by atoms with E-state index in [9.17, 15) is 5.11 Å². The van der Waals surface area contributed by atoms with Gasteiger partial charge in [-0.05, 0) is 30.3 Å². The van der Waals surface area contributed by atoms with Gasteiger partial charge in [-0.15, -0.1) is 15.0 Å². The molecule has 4 aromatic rings. The molecular weight excluding hydrogens is 395 g/mol. The van der Waals surface area contributed by atoms with Crippen molar-refractivity contribution in [2.75, 3.05) is 12.4 Å². The number of halogens is 2. The number of phenols is 1. The van der Waals surface area contributed by atoms with Crippen LogP contribution in [0.2, 0.25) is 10.0 Å². The van der Waals surface area contributed by atoms with Crippen molar-refractivity contribution in [3.63, 3.8) is 0 Å². The first kappa shape index (κ1) is 17.2. The molecule has 2 heterocycles. The lowest BCUT2D eigenvalue weighted by Crippen LogP contribution is -2.02. The second kappa shape index (κ2) is 6.83. The molecule has 0 aliphatic carbocycles. The molecule has 0 saturated heterocycles. The third-order valence-electron chi connectivity index (χ3n) is 3.83. The van der Waals surface area contributed by atoms with Gasteiger partial charge in [0, 0.05) is 22.7 Å². The minimum Gasteiger partial charge on any atom is -0.505 e. The Bertz CT molecular complexity index is 1090. The Morgan fingerprint density at radius 1 is 1.04 bits per heavy atom. The van der Waals surface area contributed by atoms with E-state index in [0.29, 0.717) is 55.8 Å². The predicted molar refractivity (Wildman–Crippen MR) is 105 cm³/mol. The molecular formula is C17H12Cl2N4O2S. The average molecular weight is 407 g/mol. The lowest BCUT2D eigenvalue weighted by atomic mass is 10.1. The molecule has 0 amide bonds. The van der Waals surface area contributed by atoms with Crippen LogP contribution in [0.5, 0.6) is 11.6 Å². The smallest absolute Gasteiger partial charge is 0.221 e. The Hall–Kier alpha value is -2.22. The number of hydrogen-bond acceptors (Lipinski definition) is 6. The minimum absolute atomic E-state index is 0.0260. The number of thiol groups is 1. The Morgan fingerprint density at radius 2 is 1.73 bits per heavy atom. The lowest BCUT2D eigenvalue weighted by Gasteiger charge is -2.10. The lowest BCUT2D eigenvalue weighted by molar-refractivity contribution is 0.335. The number of benzene rings is 2. The molecule has 0 aliphatic heterocycles. The van der Waals surface area contributed by atoms with Gasteiger partial charge in [-0.1, -0.05) is 23.2 Å². The zero-order chi connectivity index (χ0) is 18.3. The van der Waals surface area contributed by atoms with Crippen LogP contribution >= 0.6 is 35.8 Å². The van der Waals surface area contributed by atoms with Gasteiger partial charge in [0.05, 0.1) is 16.7 Å². The highest BCUT2D eigenvalue weighted by atomic mass is 35.5. The van der Waals surface area contributed by atoms with E-state index in [-0.39, 0.29) is 5.75 Å². The van der Waals surface area contributed by atoms with Crippen molar-refractivity contribution in [1.29, 1.82) is 0 Å². The standard InChI is InChI=1S/C17H12Cl2N4O2S/c18-11-7-13-14(8-12(11)19)22-23(21-13)15-2-1-10-9(16(15)24)3-4-20-17(10)25-5-6-26/h1-4,7-8,24,26H,5-6H2. The first-order chi connectivity index (χ1) is 12.6. The average Bonchev–Trinajstić information content (AvgIpc) is 3.03. The normalized spacial score (nSPS) is 11.3. The summed E-state index contributed by atoms with van der Waals surface area (Å²) in [4.78, 5) is 5.56. The van der Waals surface area contributed by atoms with Gasteiger partial charge in [0.2, 0.25) is 5.88 Å². The predicted octanol–water partition coefficient (Wildman–Crippen LogP) is 4.29. The molecule has 0 unspecified atom stereocenters. The Kier molecular flexibility index (Phi) is 4.52. The zero-order valence-electron chi connectivity index (χ0n) is 13.2. The van der Waals surface area contributed by atoms with E-state index in [1.165, 1.54) is 4.80 Å². The van der Waals surface area contributed by atoms with Crippen molar-refractivity contribution in [1.82, 2.24) is 20.0 Å². The number of aromatic hydroxyl groups is 1. The Balaban J connectivity index is 1.86. The summed E-state index contributed by atoms with van der Waals surface area (Å²) in [5, 5.41) is 21.5. The summed E-state index contributed by atoms with van der Waals surface area (Å²) < 4.78 is 5.58. The van der Waals surface area contributed by atoms with E-state index in [4.69, 9.17) is 27.9 Å². The molecule has 0 atom stereocenters. The largest absolute Gasteiger partial charge is 0.505 e. The molecule has 0 bridgehead atoms. The van der Waals surface area contributed by atoms with Crippen molar-refractivity contribution in [2.45, 2.75) is 0 Å². The summed E-state index contributed by atoms with van der Waals surface area (Å²) in [6.45, 7) is 0.422. The number of aromatic nitrogens is 4. The van der Waals surface area contributed by atoms with Gasteiger partial charge in [-0.25, -0.2) is 4.98 Å². The molecule has 9 heteroatoms. The number of fused-ring (bicyclic) bond motifs is 2. The van der Waals surface area contributed by atoms with E-state index < -0.39 is 0 Å². The van der Waals surface area contributed by atoms with Gasteiger partial charge < -0.3 is 9.84 Å². The summed E-state index contributed by atoms with van der Waals surface area (Å²) in [7, 11) is 0. The first-order valence-electron chi connectivity index (χ1n) is 7.65. The molecule has 1 N–H and O–H groups in total. The fourth-order valence-electron chi connectivity index (χ4n) is 2.64. The van der Waals surface area contributed by atoms with E-state index in [1.807, 2.05) is 0 Å². The van der Waals surface area contributed by atoms with Gasteiger partial charge in [0.1, 0.15) is 16.7 Å². The molecule has 26 heavy (non-hydrogen) atoms. The molecule has 0 radical (unpaired) electrons. The van der Waals surface area contributed by atoms with Crippen LogP contribution in [0, 0.1) is 0 Å². The van der Waals surface area contributed by atoms with Crippen LogP contribution < -0.4 is 4.74 Å². The number of phenolic OH excluding ortho intramolecular Hbond substituents is 1. The van der Waals surface area contributed by atoms with E-state index in [0.717, 1.165) is 0 Å². The van der Waals surface area contributed by atoms with Crippen molar-refractivity contribution < 1.29 is 9.84 Å². The molecule has 132 valence electrons. The maximum absolute atomic E-state index is 10.7. The third kappa shape index (κ3) is 2.92. The first-order valence-corrected chi connectivity index (χ1v) is 9.04. The number of hydrogen-bond donors (Lipinski definition) is 2. The molecule has 0 fully saturated rings. The van der Waals surface area contributed by atoms with Crippen LogP contribution in [0.4, 0.5) is 0 Å². The van der Waals surface area contributed by atoms with Crippen molar-refractivity contribution >= 4 is 57.6 Å². The highest BCUT2D eigenvalue weighted by molar-refractivity contribution is 7.80. The van der Waals surface area contributed by atoms with Crippen LogP contribution in [0.25, 0.3) is 27.5 Å². The van der Waals surface area contributed by atoms with Crippen LogP contribution in [-0.4, -0.2) is 37.4 Å². The van der Waals surface area contributed by atoms with Crippen LogP contribution in [0.1, 0.15) is 0 Å². The molecule has 2 aromatic carbocycles. The summed E-state index contributed by atoms with van der Waals surface area (Å²) >= 11 is 16.2. The zero-order valence-corrected chi connectivity index (χ0v) is 15.6. The van der Waals surface area contributed by atoms with Gasteiger partial charge in [0.15, 0.2) is 5.75 Å². The SMILES string of the molecule is Oc1c(-n2nc3cc(Cl)c(Cl)cc3n2)ccc2c(OCCS)nccc12. The van der Waals surface area contributed by atoms with Crippen LogP contribution in [0.15, 0.2) is 36.5 Å².